The molecule has 0 saturated heterocycles. The molecule has 0 saturated carbocycles. The highest BCUT2D eigenvalue weighted by molar-refractivity contribution is 7.08. The predicted octanol–water partition coefficient (Wildman–Crippen LogP) is 4.83. The largest absolute Gasteiger partial charge is 0.326 e. The zero-order valence-corrected chi connectivity index (χ0v) is 13.2. The zero-order chi connectivity index (χ0) is 14.5. The number of carbonyl (C=O) groups is 1. The molecular weight excluding hydrogens is 290 g/mol. The van der Waals surface area contributed by atoms with Gasteiger partial charge in [-0.3, -0.25) is 4.79 Å². The monoisotopic (exact) mass is 307 g/mol. The average Bonchev–Trinajstić information content (AvgIpc) is 3.00. The minimum absolute atomic E-state index is 0.0153. The van der Waals surface area contributed by atoms with Crippen LogP contribution < -0.4 is 5.32 Å². The molecule has 20 heavy (non-hydrogen) atoms. The standard InChI is InChI=1S/C16H18ClNOS/c1-11(9-17)13-3-5-15(6-4-13)18-16(19)12(2)14-7-8-20-10-14/h3-8,10-12H,9H2,1-2H3,(H,18,19). The molecule has 1 N–H and O–H groups in total. The summed E-state index contributed by atoms with van der Waals surface area (Å²) in [6.07, 6.45) is 0. The first-order valence-electron chi connectivity index (χ1n) is 6.60. The fourth-order valence-electron chi connectivity index (χ4n) is 1.91. The summed E-state index contributed by atoms with van der Waals surface area (Å²) in [5.74, 6) is 0.802. The van der Waals surface area contributed by atoms with E-state index < -0.39 is 0 Å². The van der Waals surface area contributed by atoms with Gasteiger partial charge in [-0.1, -0.05) is 19.1 Å². The van der Waals surface area contributed by atoms with Crippen molar-refractivity contribution in [1.82, 2.24) is 0 Å². The molecule has 2 unspecified atom stereocenters. The number of rotatable bonds is 5. The molecule has 0 radical (unpaired) electrons. The Labute approximate surface area is 128 Å². The lowest BCUT2D eigenvalue weighted by Gasteiger charge is -2.12. The van der Waals surface area contributed by atoms with Crippen molar-refractivity contribution in [2.24, 2.45) is 0 Å². The molecular formula is C16H18ClNOS. The summed E-state index contributed by atoms with van der Waals surface area (Å²) in [6.45, 7) is 4.00. The van der Waals surface area contributed by atoms with Crippen LogP contribution in [0.1, 0.15) is 36.8 Å². The van der Waals surface area contributed by atoms with Crippen LogP contribution in [0, 0.1) is 0 Å². The lowest BCUT2D eigenvalue weighted by Crippen LogP contribution is -2.18. The minimum atomic E-state index is -0.136. The molecule has 2 aromatic rings. The summed E-state index contributed by atoms with van der Waals surface area (Å²) in [7, 11) is 0. The van der Waals surface area contributed by atoms with Crippen LogP contribution in [0.15, 0.2) is 41.1 Å². The van der Waals surface area contributed by atoms with Gasteiger partial charge >= 0.3 is 0 Å². The van der Waals surface area contributed by atoms with Crippen molar-refractivity contribution in [3.63, 3.8) is 0 Å². The van der Waals surface area contributed by atoms with E-state index in [1.165, 1.54) is 5.56 Å². The number of anilines is 1. The molecule has 0 fully saturated rings. The maximum absolute atomic E-state index is 12.2. The van der Waals surface area contributed by atoms with Crippen molar-refractivity contribution in [3.8, 4) is 0 Å². The number of hydrogen-bond acceptors (Lipinski definition) is 2. The molecule has 4 heteroatoms. The van der Waals surface area contributed by atoms with Gasteiger partial charge in [0.25, 0.3) is 0 Å². The highest BCUT2D eigenvalue weighted by atomic mass is 35.5. The molecule has 2 nitrogen and oxygen atoms in total. The third-order valence-electron chi connectivity index (χ3n) is 3.42. The van der Waals surface area contributed by atoms with E-state index in [0.717, 1.165) is 11.3 Å². The van der Waals surface area contributed by atoms with E-state index in [1.54, 1.807) is 11.3 Å². The maximum Gasteiger partial charge on any atom is 0.231 e. The normalized spacial score (nSPS) is 13.8. The highest BCUT2D eigenvalue weighted by Gasteiger charge is 2.15. The van der Waals surface area contributed by atoms with Crippen molar-refractivity contribution < 1.29 is 4.79 Å². The van der Waals surface area contributed by atoms with Gasteiger partial charge in [-0.25, -0.2) is 0 Å². The van der Waals surface area contributed by atoms with Crippen LogP contribution >= 0.6 is 22.9 Å². The van der Waals surface area contributed by atoms with E-state index in [1.807, 2.05) is 48.0 Å². The summed E-state index contributed by atoms with van der Waals surface area (Å²) in [6, 6.07) is 9.86. The molecule has 2 rings (SSSR count). The Morgan fingerprint density at radius 3 is 2.45 bits per heavy atom. The van der Waals surface area contributed by atoms with Gasteiger partial charge in [0.1, 0.15) is 0 Å². The quantitative estimate of drug-likeness (QED) is 0.787. The van der Waals surface area contributed by atoms with Crippen LogP contribution in [-0.4, -0.2) is 11.8 Å². The van der Waals surface area contributed by atoms with Gasteiger partial charge in [-0.15, -0.1) is 11.6 Å². The second kappa shape index (κ2) is 6.91. The van der Waals surface area contributed by atoms with Crippen LogP contribution in [0.3, 0.4) is 0 Å². The number of hydrogen-bond donors (Lipinski definition) is 1. The van der Waals surface area contributed by atoms with Crippen LogP contribution in [0.5, 0.6) is 0 Å². The Hall–Kier alpha value is -1.32. The number of halogens is 1. The van der Waals surface area contributed by atoms with Crippen LogP contribution in [0.4, 0.5) is 5.69 Å². The third-order valence-corrected chi connectivity index (χ3v) is 4.58. The lowest BCUT2D eigenvalue weighted by molar-refractivity contribution is -0.117. The first-order valence-corrected chi connectivity index (χ1v) is 8.08. The molecule has 1 heterocycles. The predicted molar refractivity (Wildman–Crippen MR) is 86.9 cm³/mol. The van der Waals surface area contributed by atoms with Gasteiger partial charge in [0.05, 0.1) is 5.92 Å². The second-order valence-corrected chi connectivity index (χ2v) is 6.03. The summed E-state index contributed by atoms with van der Waals surface area (Å²) < 4.78 is 0. The first-order chi connectivity index (χ1) is 9.61. The smallest absolute Gasteiger partial charge is 0.231 e. The molecule has 1 aromatic heterocycles. The van der Waals surface area contributed by atoms with Crippen molar-refractivity contribution in [1.29, 1.82) is 0 Å². The summed E-state index contributed by atoms with van der Waals surface area (Å²) >= 11 is 7.45. The fraction of sp³-hybridized carbons (Fsp3) is 0.312. The number of amides is 1. The maximum atomic E-state index is 12.2. The van der Waals surface area contributed by atoms with E-state index in [4.69, 9.17) is 11.6 Å². The van der Waals surface area contributed by atoms with Crippen molar-refractivity contribution in [2.75, 3.05) is 11.2 Å². The Morgan fingerprint density at radius 2 is 1.90 bits per heavy atom. The van der Waals surface area contributed by atoms with Gasteiger partial charge < -0.3 is 5.32 Å². The van der Waals surface area contributed by atoms with Gasteiger partial charge in [0.2, 0.25) is 5.91 Å². The van der Waals surface area contributed by atoms with E-state index in [-0.39, 0.29) is 11.8 Å². The number of alkyl halides is 1. The number of nitrogens with one attached hydrogen (secondary N) is 1. The van der Waals surface area contributed by atoms with Gasteiger partial charge in [0, 0.05) is 11.6 Å². The molecule has 2 atom stereocenters. The summed E-state index contributed by atoms with van der Waals surface area (Å²) in [4.78, 5) is 12.2. The molecule has 1 aromatic carbocycles. The Kier molecular flexibility index (Phi) is 5.21. The lowest BCUT2D eigenvalue weighted by atomic mass is 10.0. The Bertz CT molecular complexity index is 550. The number of benzene rings is 1. The van der Waals surface area contributed by atoms with Crippen molar-refractivity contribution >= 4 is 34.5 Å². The van der Waals surface area contributed by atoms with Crippen LogP contribution in [0.25, 0.3) is 0 Å². The minimum Gasteiger partial charge on any atom is -0.326 e. The zero-order valence-electron chi connectivity index (χ0n) is 11.6. The van der Waals surface area contributed by atoms with Crippen LogP contribution in [0.2, 0.25) is 0 Å². The van der Waals surface area contributed by atoms with Gasteiger partial charge in [-0.05, 0) is 52.9 Å². The van der Waals surface area contributed by atoms with Crippen molar-refractivity contribution in [2.45, 2.75) is 25.7 Å². The highest BCUT2D eigenvalue weighted by Crippen LogP contribution is 2.22. The Morgan fingerprint density at radius 1 is 1.20 bits per heavy atom. The van der Waals surface area contributed by atoms with Gasteiger partial charge in [0.15, 0.2) is 0 Å². The topological polar surface area (TPSA) is 29.1 Å². The second-order valence-electron chi connectivity index (χ2n) is 4.94. The number of carbonyl (C=O) groups excluding carboxylic acids is 1. The molecule has 0 bridgehead atoms. The average molecular weight is 308 g/mol. The molecule has 0 spiro atoms. The molecule has 0 aliphatic rings. The van der Waals surface area contributed by atoms with Crippen molar-refractivity contribution in [3.05, 3.63) is 52.2 Å². The van der Waals surface area contributed by atoms with Crippen LogP contribution in [-0.2, 0) is 4.79 Å². The molecule has 0 aliphatic heterocycles. The van der Waals surface area contributed by atoms with E-state index in [0.29, 0.717) is 11.8 Å². The summed E-state index contributed by atoms with van der Waals surface area (Å²) in [5, 5.41) is 6.94. The molecule has 0 aliphatic carbocycles. The van der Waals surface area contributed by atoms with Gasteiger partial charge in [-0.2, -0.15) is 11.3 Å². The third kappa shape index (κ3) is 3.62. The Balaban J connectivity index is 2.01. The van der Waals surface area contributed by atoms with E-state index >= 15 is 0 Å². The molecule has 1 amide bonds. The fourth-order valence-corrected chi connectivity index (χ4v) is 2.84. The SMILES string of the molecule is CC(CCl)c1ccc(NC(=O)C(C)c2ccsc2)cc1. The molecule has 106 valence electrons. The van der Waals surface area contributed by atoms with E-state index in [2.05, 4.69) is 12.2 Å². The summed E-state index contributed by atoms with van der Waals surface area (Å²) in [5.41, 5.74) is 3.06. The number of thiophene rings is 1. The first kappa shape index (κ1) is 15.1. The van der Waals surface area contributed by atoms with E-state index in [9.17, 15) is 4.79 Å².